The first-order valence-corrected chi connectivity index (χ1v) is 7.23. The third-order valence-electron chi connectivity index (χ3n) is 3.50. The molecule has 2 heteroatoms. The van der Waals surface area contributed by atoms with Gasteiger partial charge in [-0.05, 0) is 17.0 Å². The van der Waals surface area contributed by atoms with Crippen molar-refractivity contribution in [3.8, 4) is 0 Å². The van der Waals surface area contributed by atoms with Crippen LogP contribution in [-0.4, -0.2) is 17.1 Å². The van der Waals surface area contributed by atoms with E-state index in [0.29, 0.717) is 11.8 Å². The van der Waals surface area contributed by atoms with Crippen molar-refractivity contribution < 1.29 is 4.43 Å². The maximum absolute atomic E-state index is 5.54. The highest BCUT2D eigenvalue weighted by atomic mass is 28.2. The summed E-state index contributed by atoms with van der Waals surface area (Å²) in [6.07, 6.45) is 0. The molecule has 0 amide bonds. The zero-order valence-electron chi connectivity index (χ0n) is 11.0. The molecule has 0 radical (unpaired) electrons. The Morgan fingerprint density at radius 3 is 1.89 bits per heavy atom. The van der Waals surface area contributed by atoms with Crippen LogP contribution in [0.15, 0.2) is 60.7 Å². The third kappa shape index (κ3) is 3.09. The number of hydrogen-bond donors (Lipinski definition) is 0. The molecule has 0 N–H and O–H groups in total. The van der Waals surface area contributed by atoms with Crippen LogP contribution in [0.5, 0.6) is 0 Å². The van der Waals surface area contributed by atoms with Crippen molar-refractivity contribution in [3.05, 3.63) is 71.8 Å². The van der Waals surface area contributed by atoms with Crippen molar-refractivity contribution in [3.63, 3.8) is 0 Å². The normalized spacial score (nSPS) is 14.3. The van der Waals surface area contributed by atoms with Gasteiger partial charge in [-0.25, -0.2) is 0 Å². The summed E-state index contributed by atoms with van der Waals surface area (Å²) < 4.78 is 5.54. The Kier molecular flexibility index (Phi) is 4.73. The molecule has 0 heterocycles. The van der Waals surface area contributed by atoms with E-state index in [2.05, 4.69) is 67.6 Å². The number of rotatable bonds is 5. The summed E-state index contributed by atoms with van der Waals surface area (Å²) in [6.45, 7) is 3.10. The highest BCUT2D eigenvalue weighted by Gasteiger charge is 2.20. The minimum Gasteiger partial charge on any atom is -0.427 e. The molecule has 0 aliphatic rings. The summed E-state index contributed by atoms with van der Waals surface area (Å²) >= 11 is 0. The lowest BCUT2D eigenvalue weighted by molar-refractivity contribution is 0.297. The fraction of sp³-hybridized carbons (Fsp3) is 0.250. The molecule has 0 saturated carbocycles. The van der Waals surface area contributed by atoms with Crippen LogP contribution in [0.25, 0.3) is 0 Å². The molecule has 0 aliphatic heterocycles. The van der Waals surface area contributed by atoms with Crippen molar-refractivity contribution in [2.45, 2.75) is 18.8 Å². The highest BCUT2D eigenvalue weighted by Crippen LogP contribution is 2.32. The van der Waals surface area contributed by atoms with Crippen molar-refractivity contribution >= 4 is 10.5 Å². The zero-order chi connectivity index (χ0) is 12.8. The van der Waals surface area contributed by atoms with Gasteiger partial charge in [-0.1, -0.05) is 67.6 Å². The molecule has 0 fully saturated rings. The van der Waals surface area contributed by atoms with Crippen LogP contribution in [0.2, 0.25) is 0 Å². The summed E-state index contributed by atoms with van der Waals surface area (Å²) in [5, 5.41) is 0. The van der Waals surface area contributed by atoms with Gasteiger partial charge in [-0.2, -0.15) is 0 Å². The highest BCUT2D eigenvalue weighted by molar-refractivity contribution is 5.97. The summed E-state index contributed by atoms with van der Waals surface area (Å²) in [6, 6.07) is 21.4. The van der Waals surface area contributed by atoms with E-state index in [1.165, 1.54) is 11.1 Å². The number of hydrogen-bond acceptors (Lipinski definition) is 1. The molecule has 0 saturated heterocycles. The Bertz CT molecular complexity index is 455. The van der Waals surface area contributed by atoms with E-state index in [1.54, 1.807) is 0 Å². The van der Waals surface area contributed by atoms with Crippen LogP contribution in [0.1, 0.15) is 29.9 Å². The average molecular weight is 256 g/mol. The minimum absolute atomic E-state index is 0.436. The lowest BCUT2D eigenvalue weighted by Crippen LogP contribution is -2.14. The van der Waals surface area contributed by atoms with Crippen LogP contribution < -0.4 is 0 Å². The van der Waals surface area contributed by atoms with E-state index in [0.717, 1.165) is 17.1 Å². The van der Waals surface area contributed by atoms with Gasteiger partial charge in [0.1, 0.15) is 10.5 Å². The SMILES string of the molecule is CC(c1ccccc1)C(CO[SiH3])c1ccccc1. The van der Waals surface area contributed by atoms with Crippen LogP contribution in [-0.2, 0) is 4.43 Å². The van der Waals surface area contributed by atoms with Crippen molar-refractivity contribution in [1.29, 1.82) is 0 Å². The molecule has 18 heavy (non-hydrogen) atoms. The van der Waals surface area contributed by atoms with Gasteiger partial charge in [0.15, 0.2) is 0 Å². The van der Waals surface area contributed by atoms with E-state index in [1.807, 2.05) is 0 Å². The summed E-state index contributed by atoms with van der Waals surface area (Å²) in [5.74, 6) is 0.911. The largest absolute Gasteiger partial charge is 0.427 e. The molecular formula is C16H20OSi. The molecule has 0 aromatic heterocycles. The smallest absolute Gasteiger partial charge is 0.145 e. The van der Waals surface area contributed by atoms with E-state index >= 15 is 0 Å². The Hall–Kier alpha value is -1.38. The van der Waals surface area contributed by atoms with Crippen LogP contribution in [0, 0.1) is 0 Å². The van der Waals surface area contributed by atoms with Crippen molar-refractivity contribution in [2.24, 2.45) is 0 Å². The Morgan fingerprint density at radius 1 is 0.889 bits per heavy atom. The monoisotopic (exact) mass is 256 g/mol. The Labute approximate surface area is 112 Å². The molecule has 0 bridgehead atoms. The second-order valence-corrected chi connectivity index (χ2v) is 5.25. The first kappa shape index (κ1) is 13.1. The molecule has 2 rings (SSSR count). The van der Waals surface area contributed by atoms with Crippen LogP contribution >= 0.6 is 0 Å². The zero-order valence-corrected chi connectivity index (χ0v) is 13.0. The van der Waals surface area contributed by atoms with Crippen LogP contribution in [0.3, 0.4) is 0 Å². The van der Waals surface area contributed by atoms with Crippen molar-refractivity contribution in [2.75, 3.05) is 6.61 Å². The summed E-state index contributed by atoms with van der Waals surface area (Å²) in [4.78, 5) is 0. The standard InChI is InChI=1S/C16H20OSi/c1-13(14-8-4-2-5-9-14)16(12-17-18)15-10-6-3-7-11-15/h2-11,13,16H,12H2,1,18H3. The van der Waals surface area contributed by atoms with Gasteiger partial charge in [-0.3, -0.25) is 0 Å². The molecule has 2 aromatic carbocycles. The predicted molar refractivity (Wildman–Crippen MR) is 79.9 cm³/mol. The first-order chi connectivity index (χ1) is 8.83. The second kappa shape index (κ2) is 6.52. The fourth-order valence-electron chi connectivity index (χ4n) is 2.40. The van der Waals surface area contributed by atoms with Gasteiger partial charge < -0.3 is 4.43 Å². The minimum atomic E-state index is 0.436. The van der Waals surface area contributed by atoms with E-state index in [-0.39, 0.29) is 0 Å². The molecule has 2 aromatic rings. The van der Waals surface area contributed by atoms with Gasteiger partial charge in [0.05, 0.1) is 0 Å². The van der Waals surface area contributed by atoms with Gasteiger partial charge in [0.2, 0.25) is 0 Å². The summed E-state index contributed by atoms with van der Waals surface area (Å²) in [7, 11) is 0.796. The van der Waals surface area contributed by atoms with Gasteiger partial charge in [0.25, 0.3) is 0 Å². The average Bonchev–Trinajstić information content (AvgIpc) is 2.46. The molecular weight excluding hydrogens is 236 g/mol. The lowest BCUT2D eigenvalue weighted by Gasteiger charge is -2.24. The van der Waals surface area contributed by atoms with Crippen LogP contribution in [0.4, 0.5) is 0 Å². The van der Waals surface area contributed by atoms with Crippen molar-refractivity contribution in [1.82, 2.24) is 0 Å². The molecule has 1 nitrogen and oxygen atoms in total. The maximum atomic E-state index is 5.54. The molecule has 2 unspecified atom stereocenters. The van der Waals surface area contributed by atoms with E-state index in [4.69, 9.17) is 4.43 Å². The lowest BCUT2D eigenvalue weighted by atomic mass is 9.83. The quantitative estimate of drug-likeness (QED) is 0.748. The Balaban J connectivity index is 2.26. The summed E-state index contributed by atoms with van der Waals surface area (Å²) in [5.41, 5.74) is 2.75. The van der Waals surface area contributed by atoms with E-state index in [9.17, 15) is 0 Å². The van der Waals surface area contributed by atoms with E-state index < -0.39 is 0 Å². The van der Waals surface area contributed by atoms with Gasteiger partial charge in [-0.15, -0.1) is 0 Å². The molecule has 0 spiro atoms. The first-order valence-electron chi connectivity index (χ1n) is 6.41. The molecule has 94 valence electrons. The molecule has 2 atom stereocenters. The second-order valence-electron chi connectivity index (χ2n) is 4.67. The maximum Gasteiger partial charge on any atom is 0.145 e. The number of benzene rings is 2. The molecule has 0 aliphatic carbocycles. The third-order valence-corrected chi connectivity index (χ3v) is 3.84. The predicted octanol–water partition coefficient (Wildman–Crippen LogP) is 2.87. The van der Waals surface area contributed by atoms with Gasteiger partial charge >= 0.3 is 0 Å². The van der Waals surface area contributed by atoms with Gasteiger partial charge in [0, 0.05) is 12.5 Å². The topological polar surface area (TPSA) is 9.23 Å². The Morgan fingerprint density at radius 2 is 1.39 bits per heavy atom. The fourth-order valence-corrected chi connectivity index (χ4v) is 2.76.